The molecule has 0 bridgehead atoms. The van der Waals surface area contributed by atoms with Gasteiger partial charge >= 0.3 is 0 Å². The van der Waals surface area contributed by atoms with Crippen molar-refractivity contribution in [3.05, 3.63) is 41.0 Å². The highest BCUT2D eigenvalue weighted by Gasteiger charge is 2.14. The number of aryl methyl sites for hydroxylation is 1. The predicted molar refractivity (Wildman–Crippen MR) is 59.8 cm³/mol. The van der Waals surface area contributed by atoms with E-state index >= 15 is 0 Å². The van der Waals surface area contributed by atoms with Crippen molar-refractivity contribution in [1.82, 2.24) is 10.1 Å². The molecule has 1 aromatic heterocycles. The number of hydrogen-bond acceptors (Lipinski definition) is 5. The van der Waals surface area contributed by atoms with Crippen LogP contribution < -0.4 is 4.74 Å². The second-order valence-corrected chi connectivity index (χ2v) is 3.68. The van der Waals surface area contributed by atoms with Crippen molar-refractivity contribution < 1.29 is 22.8 Å². The molecule has 2 rings (SSSR count). The van der Waals surface area contributed by atoms with E-state index < -0.39 is 17.4 Å². The Labute approximate surface area is 107 Å². The number of rotatable bonds is 5. The fourth-order valence-corrected chi connectivity index (χ4v) is 1.41. The molecule has 0 fully saturated rings. The average Bonchev–Trinajstić information content (AvgIpc) is 2.85. The number of aromatic nitrogens is 2. The van der Waals surface area contributed by atoms with Crippen molar-refractivity contribution in [2.75, 3.05) is 0 Å². The molecule has 0 N–H and O–H groups in total. The normalized spacial score (nSPS) is 10.5. The highest BCUT2D eigenvalue weighted by atomic mass is 19.1. The minimum absolute atomic E-state index is 0.103. The molecule has 1 heterocycles. The first-order chi connectivity index (χ1) is 9.13. The van der Waals surface area contributed by atoms with Crippen molar-refractivity contribution in [3.8, 4) is 5.75 Å². The smallest absolute Gasteiger partial charge is 0.264 e. The summed E-state index contributed by atoms with van der Waals surface area (Å²) in [4.78, 5) is 14.4. The lowest BCUT2D eigenvalue weighted by molar-refractivity contribution is 0.112. The Kier molecular flexibility index (Phi) is 3.84. The summed E-state index contributed by atoms with van der Waals surface area (Å²) >= 11 is 0. The summed E-state index contributed by atoms with van der Waals surface area (Å²) in [5.74, 6) is -1.90. The van der Waals surface area contributed by atoms with Crippen molar-refractivity contribution in [2.24, 2.45) is 0 Å². The summed E-state index contributed by atoms with van der Waals surface area (Å²) in [6.45, 7) is 1.59. The van der Waals surface area contributed by atoms with E-state index in [-0.39, 0.29) is 18.1 Å². The van der Waals surface area contributed by atoms with Crippen LogP contribution in [0.1, 0.15) is 29.0 Å². The quantitative estimate of drug-likeness (QED) is 0.778. The molecule has 0 amide bonds. The summed E-state index contributed by atoms with van der Waals surface area (Å²) in [6, 6.07) is 1.77. The predicted octanol–water partition coefficient (Wildman–Crippen LogP) is 2.30. The van der Waals surface area contributed by atoms with Gasteiger partial charge in [-0.15, -0.1) is 0 Å². The van der Waals surface area contributed by atoms with E-state index in [0.29, 0.717) is 18.5 Å². The summed E-state index contributed by atoms with van der Waals surface area (Å²) in [5.41, 5.74) is -0.103. The van der Waals surface area contributed by atoms with Gasteiger partial charge in [-0.2, -0.15) is 4.98 Å². The van der Waals surface area contributed by atoms with Crippen molar-refractivity contribution in [3.63, 3.8) is 0 Å². The summed E-state index contributed by atoms with van der Waals surface area (Å²) in [6.07, 6.45) is 0.932. The van der Waals surface area contributed by atoms with Crippen LogP contribution in [0.5, 0.6) is 5.75 Å². The molecule has 0 unspecified atom stereocenters. The Morgan fingerprint density at radius 2 is 2.05 bits per heavy atom. The number of aldehydes is 1. The van der Waals surface area contributed by atoms with Crippen LogP contribution in [0.2, 0.25) is 0 Å². The van der Waals surface area contributed by atoms with Crippen LogP contribution in [0.4, 0.5) is 8.78 Å². The maximum absolute atomic E-state index is 13.5. The molecular weight excluding hydrogens is 258 g/mol. The minimum Gasteiger partial charge on any atom is -0.478 e. The molecule has 0 aliphatic heterocycles. The lowest BCUT2D eigenvalue weighted by Crippen LogP contribution is -2.01. The second kappa shape index (κ2) is 5.55. The van der Waals surface area contributed by atoms with Gasteiger partial charge in [0, 0.05) is 12.0 Å². The number of hydrogen-bond donors (Lipinski definition) is 0. The molecule has 100 valence electrons. The molecule has 0 radical (unpaired) electrons. The lowest BCUT2D eigenvalue weighted by Gasteiger charge is -2.06. The number of benzene rings is 1. The molecule has 2 aromatic rings. The monoisotopic (exact) mass is 268 g/mol. The molecule has 0 saturated carbocycles. The minimum atomic E-state index is -0.961. The molecule has 0 saturated heterocycles. The average molecular weight is 268 g/mol. The highest BCUT2D eigenvalue weighted by molar-refractivity contribution is 5.75. The number of ether oxygens (including phenoxy) is 1. The third-order valence-electron chi connectivity index (χ3n) is 2.32. The maximum Gasteiger partial charge on any atom is 0.264 e. The van der Waals surface area contributed by atoms with Gasteiger partial charge in [0.25, 0.3) is 5.89 Å². The van der Waals surface area contributed by atoms with Crippen LogP contribution in [-0.4, -0.2) is 16.4 Å². The summed E-state index contributed by atoms with van der Waals surface area (Å²) in [7, 11) is 0. The van der Waals surface area contributed by atoms with Crippen LogP contribution in [0, 0.1) is 11.6 Å². The van der Waals surface area contributed by atoms with Gasteiger partial charge in [-0.3, -0.25) is 4.79 Å². The molecule has 0 aliphatic carbocycles. The number of carbonyl (C=O) groups is 1. The van der Waals surface area contributed by atoms with Crippen LogP contribution in [0.15, 0.2) is 16.7 Å². The molecule has 0 atom stereocenters. The number of nitrogens with zero attached hydrogens (tertiary/aromatic N) is 2. The maximum atomic E-state index is 13.5. The van der Waals surface area contributed by atoms with E-state index in [1.165, 1.54) is 0 Å². The first-order valence-electron chi connectivity index (χ1n) is 5.52. The molecule has 7 heteroatoms. The van der Waals surface area contributed by atoms with E-state index in [9.17, 15) is 13.6 Å². The third kappa shape index (κ3) is 2.93. The number of carbonyl (C=O) groups excluding carboxylic acids is 1. The SMILES string of the molecule is CCc1noc(COc2c(F)cc(C=O)cc2F)n1. The fourth-order valence-electron chi connectivity index (χ4n) is 1.41. The molecule has 5 nitrogen and oxygen atoms in total. The van der Waals surface area contributed by atoms with E-state index in [0.717, 1.165) is 12.1 Å². The van der Waals surface area contributed by atoms with Gasteiger partial charge in [0.1, 0.15) is 6.29 Å². The Morgan fingerprint density at radius 3 is 2.58 bits per heavy atom. The largest absolute Gasteiger partial charge is 0.478 e. The van der Waals surface area contributed by atoms with Crippen LogP contribution in [0.25, 0.3) is 0 Å². The Hall–Kier alpha value is -2.31. The zero-order valence-electron chi connectivity index (χ0n) is 10.0. The van der Waals surface area contributed by atoms with Gasteiger partial charge in [0.2, 0.25) is 0 Å². The van der Waals surface area contributed by atoms with E-state index in [2.05, 4.69) is 10.1 Å². The molecule has 0 spiro atoms. The Balaban J connectivity index is 2.13. The van der Waals surface area contributed by atoms with Crippen molar-refractivity contribution in [2.45, 2.75) is 20.0 Å². The second-order valence-electron chi connectivity index (χ2n) is 3.68. The van der Waals surface area contributed by atoms with E-state index in [4.69, 9.17) is 9.26 Å². The standard InChI is InChI=1S/C12H10F2N2O3/c1-2-10-15-11(19-16-10)6-18-12-8(13)3-7(5-17)4-9(12)14/h3-5H,2,6H2,1H3. The van der Waals surface area contributed by atoms with Crippen molar-refractivity contribution >= 4 is 6.29 Å². The van der Waals surface area contributed by atoms with Gasteiger partial charge in [-0.1, -0.05) is 12.1 Å². The van der Waals surface area contributed by atoms with Gasteiger partial charge in [-0.05, 0) is 12.1 Å². The third-order valence-corrected chi connectivity index (χ3v) is 2.32. The van der Waals surface area contributed by atoms with Gasteiger partial charge in [-0.25, -0.2) is 8.78 Å². The fraction of sp³-hybridized carbons (Fsp3) is 0.250. The first kappa shape index (κ1) is 13.1. The van der Waals surface area contributed by atoms with Crippen molar-refractivity contribution in [1.29, 1.82) is 0 Å². The molecule has 0 aliphatic rings. The van der Waals surface area contributed by atoms with Crippen LogP contribution in [-0.2, 0) is 13.0 Å². The van der Waals surface area contributed by atoms with Gasteiger partial charge in [0.05, 0.1) is 0 Å². The summed E-state index contributed by atoms with van der Waals surface area (Å²) in [5, 5.41) is 3.62. The van der Waals surface area contributed by atoms with Gasteiger partial charge < -0.3 is 9.26 Å². The summed E-state index contributed by atoms with van der Waals surface area (Å²) < 4.78 is 36.7. The van der Waals surface area contributed by atoms with E-state index in [1.807, 2.05) is 6.92 Å². The molecule has 19 heavy (non-hydrogen) atoms. The zero-order chi connectivity index (χ0) is 13.8. The molecular formula is C12H10F2N2O3. The Bertz CT molecular complexity index is 575. The number of halogens is 2. The van der Waals surface area contributed by atoms with E-state index in [1.54, 1.807) is 0 Å². The highest BCUT2D eigenvalue weighted by Crippen LogP contribution is 2.23. The molecule has 1 aromatic carbocycles. The van der Waals surface area contributed by atoms with Crippen LogP contribution >= 0.6 is 0 Å². The van der Waals surface area contributed by atoms with Crippen LogP contribution in [0.3, 0.4) is 0 Å². The topological polar surface area (TPSA) is 65.2 Å². The zero-order valence-corrected chi connectivity index (χ0v) is 10.0. The lowest BCUT2D eigenvalue weighted by atomic mass is 10.2. The Morgan fingerprint density at radius 1 is 1.37 bits per heavy atom. The first-order valence-corrected chi connectivity index (χ1v) is 5.52. The van der Waals surface area contributed by atoms with Gasteiger partial charge in [0.15, 0.2) is 29.8 Å².